The highest BCUT2D eigenvalue weighted by atomic mass is 32.2. The van der Waals surface area contributed by atoms with Gasteiger partial charge in [0.1, 0.15) is 5.25 Å². The van der Waals surface area contributed by atoms with E-state index in [-0.39, 0.29) is 11.0 Å². The molecule has 0 amide bonds. The van der Waals surface area contributed by atoms with Gasteiger partial charge in [-0.3, -0.25) is 14.6 Å². The van der Waals surface area contributed by atoms with Crippen LogP contribution in [-0.4, -0.2) is 33.0 Å². The van der Waals surface area contributed by atoms with E-state index in [4.69, 9.17) is 4.74 Å². The number of aromatic nitrogens is 3. The molecule has 0 unspecified atom stereocenters. The van der Waals surface area contributed by atoms with Gasteiger partial charge in [0.25, 0.3) is 5.56 Å². The SMILES string of the molecule is CCCCCCCC[C@H](Sc1n[nH]c(=O)[nH]c1=O)C(=O)OCC. The molecule has 2 N–H and O–H groups in total. The third kappa shape index (κ3) is 7.49. The third-order valence-electron chi connectivity index (χ3n) is 3.30. The lowest BCUT2D eigenvalue weighted by Gasteiger charge is -2.14. The molecule has 130 valence electrons. The van der Waals surface area contributed by atoms with Crippen LogP contribution in [-0.2, 0) is 9.53 Å². The highest BCUT2D eigenvalue weighted by molar-refractivity contribution is 8.00. The molecule has 0 aliphatic heterocycles. The van der Waals surface area contributed by atoms with E-state index in [0.29, 0.717) is 13.0 Å². The fourth-order valence-electron chi connectivity index (χ4n) is 2.12. The Morgan fingerprint density at radius 2 is 1.87 bits per heavy atom. The smallest absolute Gasteiger partial charge is 0.342 e. The Morgan fingerprint density at radius 1 is 1.17 bits per heavy atom. The van der Waals surface area contributed by atoms with Crippen LogP contribution in [0.15, 0.2) is 14.6 Å². The molecule has 0 bridgehead atoms. The molecule has 23 heavy (non-hydrogen) atoms. The van der Waals surface area contributed by atoms with Gasteiger partial charge in [-0.2, -0.15) is 5.10 Å². The van der Waals surface area contributed by atoms with E-state index >= 15 is 0 Å². The van der Waals surface area contributed by atoms with E-state index in [9.17, 15) is 14.4 Å². The van der Waals surface area contributed by atoms with Crippen LogP contribution >= 0.6 is 11.8 Å². The van der Waals surface area contributed by atoms with Gasteiger partial charge in [-0.1, -0.05) is 57.2 Å². The van der Waals surface area contributed by atoms with Crippen LogP contribution in [0.2, 0.25) is 0 Å². The standard InChI is InChI=1S/C15H25N3O4S/c1-3-5-6-7-8-9-10-11(14(20)22-4-2)23-13-12(19)16-15(21)18-17-13/h11H,3-10H2,1-2H3,(H2,16,18,19,21)/t11-/m0/s1. The van der Waals surface area contributed by atoms with Gasteiger partial charge in [0.15, 0.2) is 5.03 Å². The van der Waals surface area contributed by atoms with Crippen LogP contribution in [0.1, 0.15) is 58.8 Å². The molecule has 1 aromatic rings. The van der Waals surface area contributed by atoms with E-state index < -0.39 is 16.5 Å². The van der Waals surface area contributed by atoms with Gasteiger partial charge in [0, 0.05) is 0 Å². The molecule has 0 saturated heterocycles. The monoisotopic (exact) mass is 343 g/mol. The van der Waals surface area contributed by atoms with Crippen LogP contribution < -0.4 is 11.2 Å². The lowest BCUT2D eigenvalue weighted by molar-refractivity contribution is -0.142. The van der Waals surface area contributed by atoms with Crippen molar-refractivity contribution in [1.29, 1.82) is 0 Å². The summed E-state index contributed by atoms with van der Waals surface area (Å²) in [6.07, 6.45) is 7.33. The Kier molecular flexibility index (Phi) is 9.35. The maximum Gasteiger partial charge on any atom is 0.342 e. The van der Waals surface area contributed by atoms with Crippen molar-refractivity contribution in [3.63, 3.8) is 0 Å². The molecule has 8 heteroatoms. The minimum atomic E-state index is -0.664. The van der Waals surface area contributed by atoms with E-state index in [2.05, 4.69) is 22.1 Å². The second-order valence-corrected chi connectivity index (χ2v) is 6.42. The maximum atomic E-state index is 12.0. The highest BCUT2D eigenvalue weighted by Gasteiger charge is 2.23. The molecule has 0 spiro atoms. The molecule has 7 nitrogen and oxygen atoms in total. The van der Waals surface area contributed by atoms with Crippen molar-refractivity contribution in [3.8, 4) is 0 Å². The Morgan fingerprint density at radius 3 is 2.52 bits per heavy atom. The van der Waals surface area contributed by atoms with E-state index in [1.807, 2.05) is 0 Å². The number of ether oxygens (including phenoxy) is 1. The minimum absolute atomic E-state index is 0.0774. The normalized spacial score (nSPS) is 12.1. The van der Waals surface area contributed by atoms with Gasteiger partial charge in [0.05, 0.1) is 6.61 Å². The number of carbonyl (C=O) groups is 1. The average Bonchev–Trinajstić information content (AvgIpc) is 2.51. The summed E-state index contributed by atoms with van der Waals surface area (Å²) in [4.78, 5) is 36.8. The van der Waals surface area contributed by atoms with Gasteiger partial charge >= 0.3 is 11.7 Å². The van der Waals surface area contributed by atoms with Crippen molar-refractivity contribution in [1.82, 2.24) is 15.2 Å². The topological polar surface area (TPSA) is 105 Å². The number of esters is 1. The second kappa shape index (κ2) is 11.0. The number of hydrogen-bond acceptors (Lipinski definition) is 6. The summed E-state index contributed by atoms with van der Waals surface area (Å²) in [7, 11) is 0. The number of carbonyl (C=O) groups excluding carboxylic acids is 1. The van der Waals surface area contributed by atoms with Crippen molar-refractivity contribution in [2.75, 3.05) is 6.61 Å². The average molecular weight is 343 g/mol. The number of H-pyrrole nitrogens is 2. The van der Waals surface area contributed by atoms with Crippen molar-refractivity contribution >= 4 is 17.7 Å². The third-order valence-corrected chi connectivity index (χ3v) is 4.52. The Labute approximate surface area is 139 Å². The fraction of sp³-hybridized carbons (Fsp3) is 0.733. The Bertz CT molecular complexity index is 585. The van der Waals surface area contributed by atoms with E-state index in [0.717, 1.165) is 31.0 Å². The fourth-order valence-corrected chi connectivity index (χ4v) is 3.10. The summed E-state index contributed by atoms with van der Waals surface area (Å²) in [6, 6.07) is 0. The maximum absolute atomic E-state index is 12.0. The zero-order chi connectivity index (χ0) is 17.1. The molecular formula is C15H25N3O4S. The summed E-state index contributed by atoms with van der Waals surface area (Å²) >= 11 is 1.04. The van der Waals surface area contributed by atoms with E-state index in [1.165, 1.54) is 19.3 Å². The predicted molar refractivity (Wildman–Crippen MR) is 89.7 cm³/mol. The number of aromatic amines is 2. The number of nitrogens with one attached hydrogen (secondary N) is 2. The highest BCUT2D eigenvalue weighted by Crippen LogP contribution is 2.24. The van der Waals surface area contributed by atoms with Gasteiger partial charge < -0.3 is 4.74 Å². The molecule has 0 fully saturated rings. The Hall–Kier alpha value is -1.57. The van der Waals surface area contributed by atoms with Crippen molar-refractivity contribution in [3.05, 3.63) is 20.8 Å². The zero-order valence-electron chi connectivity index (χ0n) is 13.7. The van der Waals surface area contributed by atoms with Crippen molar-refractivity contribution < 1.29 is 9.53 Å². The van der Waals surface area contributed by atoms with Gasteiger partial charge in [0.2, 0.25) is 0 Å². The Balaban J connectivity index is 2.60. The first-order valence-corrected chi connectivity index (χ1v) is 8.98. The first kappa shape index (κ1) is 19.5. The summed E-state index contributed by atoms with van der Waals surface area (Å²) < 4.78 is 5.06. The first-order valence-electron chi connectivity index (χ1n) is 8.10. The minimum Gasteiger partial charge on any atom is -0.465 e. The molecule has 0 aliphatic carbocycles. The summed E-state index contributed by atoms with van der Waals surface area (Å²) in [5.74, 6) is -0.349. The molecule has 1 rings (SSSR count). The molecule has 0 saturated carbocycles. The van der Waals surface area contributed by atoms with Crippen LogP contribution in [0.3, 0.4) is 0 Å². The number of hydrogen-bond donors (Lipinski definition) is 2. The molecule has 0 aromatic carbocycles. The summed E-state index contributed by atoms with van der Waals surface area (Å²) in [6.45, 7) is 4.21. The van der Waals surface area contributed by atoms with Crippen LogP contribution in [0.4, 0.5) is 0 Å². The zero-order valence-corrected chi connectivity index (χ0v) is 14.5. The number of unbranched alkanes of at least 4 members (excludes halogenated alkanes) is 5. The quantitative estimate of drug-likeness (QED) is 0.363. The summed E-state index contributed by atoms with van der Waals surface area (Å²) in [5.41, 5.74) is -1.25. The molecule has 0 radical (unpaired) electrons. The molecule has 1 aromatic heterocycles. The molecule has 1 atom stereocenters. The van der Waals surface area contributed by atoms with Crippen molar-refractivity contribution in [2.45, 2.75) is 69.1 Å². The lowest BCUT2D eigenvalue weighted by atomic mass is 10.1. The number of rotatable bonds is 11. The van der Waals surface area contributed by atoms with Gasteiger partial charge in [-0.25, -0.2) is 9.89 Å². The number of nitrogens with zero attached hydrogens (tertiary/aromatic N) is 1. The summed E-state index contributed by atoms with van der Waals surface area (Å²) in [5, 5.41) is 5.47. The second-order valence-electron chi connectivity index (χ2n) is 5.23. The lowest BCUT2D eigenvalue weighted by Crippen LogP contribution is -2.28. The molecule has 0 aliphatic rings. The van der Waals surface area contributed by atoms with Gasteiger partial charge in [-0.05, 0) is 13.3 Å². The van der Waals surface area contributed by atoms with Gasteiger partial charge in [-0.15, -0.1) is 0 Å². The first-order chi connectivity index (χ1) is 11.1. The predicted octanol–water partition coefficient (Wildman–Crippen LogP) is 2.23. The van der Waals surface area contributed by atoms with Crippen LogP contribution in [0.25, 0.3) is 0 Å². The largest absolute Gasteiger partial charge is 0.465 e. The van der Waals surface area contributed by atoms with Crippen LogP contribution in [0, 0.1) is 0 Å². The molecule has 1 heterocycles. The van der Waals surface area contributed by atoms with E-state index in [1.54, 1.807) is 6.92 Å². The molecular weight excluding hydrogens is 318 g/mol. The number of thioether (sulfide) groups is 1. The van der Waals surface area contributed by atoms with Crippen LogP contribution in [0.5, 0.6) is 0 Å². The van der Waals surface area contributed by atoms with Crippen molar-refractivity contribution in [2.24, 2.45) is 0 Å².